The summed E-state index contributed by atoms with van der Waals surface area (Å²) in [4.78, 5) is 19.6. The molecule has 178 valence electrons. The lowest BCUT2D eigenvalue weighted by atomic mass is 9.96. The molecule has 0 bridgehead atoms. The van der Waals surface area contributed by atoms with Crippen molar-refractivity contribution in [2.75, 3.05) is 18.4 Å². The molecule has 1 saturated heterocycles. The van der Waals surface area contributed by atoms with E-state index in [-0.39, 0.29) is 11.8 Å². The average Bonchev–Trinajstić information content (AvgIpc) is 3.35. The fourth-order valence-electron chi connectivity index (χ4n) is 4.06. The summed E-state index contributed by atoms with van der Waals surface area (Å²) in [5, 5.41) is 7.14. The van der Waals surface area contributed by atoms with Crippen LogP contribution < -0.4 is 10.1 Å². The molecule has 0 spiro atoms. The number of nitrogens with one attached hydrogen (secondary N) is 1. The SMILES string of the molecule is O=C(Nc1ccc(Oc2ccccc2)cc1)C1CCN(Cc2nc(-c3ccc(Br)cc3)no2)CC1. The summed E-state index contributed by atoms with van der Waals surface area (Å²) >= 11 is 3.43. The van der Waals surface area contributed by atoms with Crippen LogP contribution >= 0.6 is 15.9 Å². The van der Waals surface area contributed by atoms with Gasteiger partial charge in [-0.05, 0) is 86.6 Å². The molecular formula is C27H25BrN4O3. The van der Waals surface area contributed by atoms with Crippen LogP contribution in [0.2, 0.25) is 0 Å². The van der Waals surface area contributed by atoms with Gasteiger partial charge in [-0.25, -0.2) is 0 Å². The van der Waals surface area contributed by atoms with Gasteiger partial charge in [0.1, 0.15) is 11.5 Å². The van der Waals surface area contributed by atoms with Crippen molar-refractivity contribution in [3.63, 3.8) is 0 Å². The van der Waals surface area contributed by atoms with Crippen molar-refractivity contribution >= 4 is 27.5 Å². The van der Waals surface area contributed by atoms with Gasteiger partial charge in [-0.3, -0.25) is 9.69 Å². The molecule has 0 unspecified atom stereocenters. The van der Waals surface area contributed by atoms with Crippen molar-refractivity contribution in [3.8, 4) is 22.9 Å². The fourth-order valence-corrected chi connectivity index (χ4v) is 4.32. The van der Waals surface area contributed by atoms with Gasteiger partial charge in [0.15, 0.2) is 0 Å². The van der Waals surface area contributed by atoms with Gasteiger partial charge in [0.05, 0.1) is 6.54 Å². The molecule has 4 aromatic rings. The third kappa shape index (κ3) is 6.15. The van der Waals surface area contributed by atoms with Gasteiger partial charge in [-0.1, -0.05) is 39.3 Å². The van der Waals surface area contributed by atoms with Crippen LogP contribution in [0.4, 0.5) is 5.69 Å². The number of aromatic nitrogens is 2. The number of amides is 1. The number of carbonyl (C=O) groups is 1. The lowest BCUT2D eigenvalue weighted by molar-refractivity contribution is -0.121. The molecule has 1 aliphatic rings. The average molecular weight is 533 g/mol. The summed E-state index contributed by atoms with van der Waals surface area (Å²) in [6.07, 6.45) is 1.57. The summed E-state index contributed by atoms with van der Waals surface area (Å²) < 4.78 is 12.3. The maximum atomic E-state index is 12.8. The first-order valence-corrected chi connectivity index (χ1v) is 12.4. The molecule has 1 N–H and O–H groups in total. The monoisotopic (exact) mass is 532 g/mol. The number of halogens is 1. The lowest BCUT2D eigenvalue weighted by Gasteiger charge is -2.30. The lowest BCUT2D eigenvalue weighted by Crippen LogP contribution is -2.37. The molecule has 7 nitrogen and oxygen atoms in total. The van der Waals surface area contributed by atoms with Crippen molar-refractivity contribution in [2.45, 2.75) is 19.4 Å². The van der Waals surface area contributed by atoms with E-state index in [1.807, 2.05) is 78.9 Å². The maximum absolute atomic E-state index is 12.8. The summed E-state index contributed by atoms with van der Waals surface area (Å²) in [5.74, 6) is 2.71. The number of benzene rings is 3. The van der Waals surface area contributed by atoms with Gasteiger partial charge in [0.2, 0.25) is 17.6 Å². The topological polar surface area (TPSA) is 80.5 Å². The van der Waals surface area contributed by atoms with E-state index in [2.05, 4.69) is 36.3 Å². The first kappa shape index (κ1) is 23.3. The summed E-state index contributed by atoms with van der Waals surface area (Å²) in [5.41, 5.74) is 1.68. The number of anilines is 1. The van der Waals surface area contributed by atoms with Crippen molar-refractivity contribution < 1.29 is 14.1 Å². The van der Waals surface area contributed by atoms with E-state index in [9.17, 15) is 4.79 Å². The Morgan fingerprint density at radius 1 is 0.971 bits per heavy atom. The summed E-state index contributed by atoms with van der Waals surface area (Å²) in [7, 11) is 0. The van der Waals surface area contributed by atoms with Gasteiger partial charge < -0.3 is 14.6 Å². The van der Waals surface area contributed by atoms with Crippen molar-refractivity contribution in [1.82, 2.24) is 15.0 Å². The Labute approximate surface area is 212 Å². The Morgan fingerprint density at radius 3 is 2.37 bits per heavy atom. The third-order valence-corrected chi connectivity index (χ3v) is 6.52. The number of hydrogen-bond acceptors (Lipinski definition) is 6. The second-order valence-corrected chi connectivity index (χ2v) is 9.41. The van der Waals surface area contributed by atoms with Gasteiger partial charge >= 0.3 is 0 Å². The minimum absolute atomic E-state index is 0.0208. The normalized spacial score (nSPS) is 14.5. The summed E-state index contributed by atoms with van der Waals surface area (Å²) in [6.45, 7) is 2.19. The van der Waals surface area contributed by atoms with E-state index in [0.717, 1.165) is 53.2 Å². The number of likely N-dealkylation sites (tertiary alicyclic amines) is 1. The Hall–Kier alpha value is -3.49. The van der Waals surface area contributed by atoms with Crippen LogP contribution in [-0.4, -0.2) is 34.0 Å². The molecule has 5 rings (SSSR count). The number of hydrogen-bond donors (Lipinski definition) is 1. The molecule has 0 radical (unpaired) electrons. The number of rotatable bonds is 7. The zero-order chi connectivity index (χ0) is 24.0. The van der Waals surface area contributed by atoms with E-state index >= 15 is 0 Å². The Kier molecular flexibility index (Phi) is 7.20. The highest BCUT2D eigenvalue weighted by Gasteiger charge is 2.26. The predicted molar refractivity (Wildman–Crippen MR) is 137 cm³/mol. The molecule has 1 fully saturated rings. The van der Waals surface area contributed by atoms with E-state index in [1.165, 1.54) is 0 Å². The predicted octanol–water partition coefficient (Wildman–Crippen LogP) is 6.14. The molecule has 8 heteroatoms. The third-order valence-electron chi connectivity index (χ3n) is 5.99. The first-order valence-electron chi connectivity index (χ1n) is 11.6. The first-order chi connectivity index (χ1) is 17.1. The Morgan fingerprint density at radius 2 is 1.66 bits per heavy atom. The van der Waals surface area contributed by atoms with Gasteiger partial charge in [-0.2, -0.15) is 4.98 Å². The number of nitrogens with zero attached hydrogens (tertiary/aromatic N) is 3. The van der Waals surface area contributed by atoms with Crippen molar-refractivity contribution in [2.24, 2.45) is 5.92 Å². The van der Waals surface area contributed by atoms with E-state index in [4.69, 9.17) is 9.26 Å². The minimum atomic E-state index is -0.0208. The summed E-state index contributed by atoms with van der Waals surface area (Å²) in [6, 6.07) is 24.9. The van der Waals surface area contributed by atoms with Gasteiger partial charge in [-0.15, -0.1) is 0 Å². The quantitative estimate of drug-likeness (QED) is 0.307. The number of para-hydroxylation sites is 1. The van der Waals surface area contributed by atoms with E-state index in [1.54, 1.807) is 0 Å². The second kappa shape index (κ2) is 10.8. The highest BCUT2D eigenvalue weighted by molar-refractivity contribution is 9.10. The Balaban J connectivity index is 1.09. The molecule has 0 saturated carbocycles. The van der Waals surface area contributed by atoms with Crippen LogP contribution in [0.5, 0.6) is 11.5 Å². The number of piperidine rings is 1. The highest BCUT2D eigenvalue weighted by Crippen LogP contribution is 2.25. The molecule has 0 atom stereocenters. The molecule has 1 aliphatic heterocycles. The second-order valence-electron chi connectivity index (χ2n) is 8.50. The fraction of sp³-hybridized carbons (Fsp3) is 0.222. The van der Waals surface area contributed by atoms with Crippen LogP contribution in [0.25, 0.3) is 11.4 Å². The molecule has 2 heterocycles. The number of ether oxygens (including phenoxy) is 1. The van der Waals surface area contributed by atoms with E-state index in [0.29, 0.717) is 18.3 Å². The molecular weight excluding hydrogens is 508 g/mol. The highest BCUT2D eigenvalue weighted by atomic mass is 79.9. The molecule has 1 amide bonds. The van der Waals surface area contributed by atoms with Crippen LogP contribution in [0, 0.1) is 5.92 Å². The number of carbonyl (C=O) groups excluding carboxylic acids is 1. The standard InChI is InChI=1S/C27H25BrN4O3/c28-21-8-6-19(7-9-21)26-30-25(35-31-26)18-32-16-14-20(15-17-32)27(33)29-22-10-12-24(13-11-22)34-23-4-2-1-3-5-23/h1-13,20H,14-18H2,(H,29,33). The van der Waals surface area contributed by atoms with Crippen molar-refractivity contribution in [1.29, 1.82) is 0 Å². The van der Waals surface area contributed by atoms with Gasteiger partial charge in [0, 0.05) is 21.6 Å². The minimum Gasteiger partial charge on any atom is -0.457 e. The molecule has 0 aliphatic carbocycles. The Bertz CT molecular complexity index is 1250. The molecule has 1 aromatic heterocycles. The zero-order valence-corrected chi connectivity index (χ0v) is 20.6. The zero-order valence-electron chi connectivity index (χ0n) is 19.1. The van der Waals surface area contributed by atoms with Crippen LogP contribution in [0.1, 0.15) is 18.7 Å². The smallest absolute Gasteiger partial charge is 0.241 e. The van der Waals surface area contributed by atoms with Crippen LogP contribution in [0.15, 0.2) is 87.9 Å². The molecule has 35 heavy (non-hydrogen) atoms. The van der Waals surface area contributed by atoms with Crippen molar-refractivity contribution in [3.05, 3.63) is 89.2 Å². The largest absolute Gasteiger partial charge is 0.457 e. The van der Waals surface area contributed by atoms with Gasteiger partial charge in [0.25, 0.3) is 0 Å². The van der Waals surface area contributed by atoms with Crippen LogP contribution in [-0.2, 0) is 11.3 Å². The van der Waals surface area contributed by atoms with E-state index < -0.39 is 0 Å². The molecule has 3 aromatic carbocycles. The van der Waals surface area contributed by atoms with Crippen LogP contribution in [0.3, 0.4) is 0 Å². The maximum Gasteiger partial charge on any atom is 0.241 e.